The summed E-state index contributed by atoms with van der Waals surface area (Å²) in [5.41, 5.74) is 6.49. The van der Waals surface area contributed by atoms with Crippen molar-refractivity contribution in [2.75, 3.05) is 5.32 Å². The van der Waals surface area contributed by atoms with Crippen molar-refractivity contribution in [3.8, 4) is 0 Å². The molecule has 0 spiro atoms. The number of aromatic nitrogens is 1. The Morgan fingerprint density at radius 1 is 1.19 bits per heavy atom. The molecule has 2 aromatic carbocycles. The van der Waals surface area contributed by atoms with Gasteiger partial charge in [-0.2, -0.15) is 5.10 Å². The molecule has 4 N–H and O–H groups in total. The third kappa shape index (κ3) is 4.00. The van der Waals surface area contributed by atoms with E-state index in [-0.39, 0.29) is 23.6 Å². The normalized spacial score (nSPS) is 15.2. The van der Waals surface area contributed by atoms with Crippen LogP contribution in [0, 0.1) is 5.82 Å². The quantitative estimate of drug-likeness (QED) is 0.558. The number of benzene rings is 2. The van der Waals surface area contributed by atoms with Crippen molar-refractivity contribution in [2.24, 2.45) is 10.8 Å². The van der Waals surface area contributed by atoms with Gasteiger partial charge in [-0.25, -0.2) is 19.0 Å². The molecule has 2 heterocycles. The fourth-order valence-corrected chi connectivity index (χ4v) is 3.64. The number of primary amides is 1. The van der Waals surface area contributed by atoms with Crippen LogP contribution in [0.15, 0.2) is 53.8 Å². The minimum atomic E-state index is -0.915. The van der Waals surface area contributed by atoms with Crippen molar-refractivity contribution >= 4 is 52.4 Å². The molecule has 32 heavy (non-hydrogen) atoms. The molecule has 1 atom stereocenters. The van der Waals surface area contributed by atoms with E-state index in [1.807, 2.05) is 0 Å². The van der Waals surface area contributed by atoms with Crippen LogP contribution in [0.25, 0.3) is 10.9 Å². The number of nitrogens with two attached hydrogens (primary N) is 1. The van der Waals surface area contributed by atoms with Crippen LogP contribution in [-0.2, 0) is 11.3 Å². The lowest BCUT2D eigenvalue weighted by Gasteiger charge is -2.21. The minimum absolute atomic E-state index is 0.0444. The number of hydrazone groups is 1. The van der Waals surface area contributed by atoms with Gasteiger partial charge in [0.15, 0.2) is 0 Å². The molecule has 164 valence electrons. The van der Waals surface area contributed by atoms with Gasteiger partial charge in [-0.1, -0.05) is 41.9 Å². The van der Waals surface area contributed by atoms with Crippen LogP contribution in [0.1, 0.15) is 12.0 Å². The molecule has 0 aliphatic carbocycles. The Balaban J connectivity index is 1.47. The van der Waals surface area contributed by atoms with Crippen molar-refractivity contribution in [2.45, 2.75) is 19.0 Å². The number of anilines is 1. The maximum absolute atomic E-state index is 14.0. The summed E-state index contributed by atoms with van der Waals surface area (Å²) < 4.78 is 15.3. The van der Waals surface area contributed by atoms with E-state index in [2.05, 4.69) is 15.7 Å². The van der Waals surface area contributed by atoms with Gasteiger partial charge in [0.25, 0.3) is 0 Å². The van der Waals surface area contributed by atoms with Crippen molar-refractivity contribution in [1.82, 2.24) is 14.9 Å². The van der Waals surface area contributed by atoms with Crippen LogP contribution in [0.5, 0.6) is 0 Å². The van der Waals surface area contributed by atoms with Crippen LogP contribution in [-0.4, -0.2) is 39.8 Å². The van der Waals surface area contributed by atoms with Crippen LogP contribution in [0.3, 0.4) is 0 Å². The molecule has 0 unspecified atom stereocenters. The van der Waals surface area contributed by atoms with Gasteiger partial charge in [-0.15, -0.1) is 0 Å². The Morgan fingerprint density at radius 3 is 2.75 bits per heavy atom. The molecule has 1 aliphatic rings. The maximum Gasteiger partial charge on any atom is 0.343 e. The number of amides is 4. The first-order valence-corrected chi connectivity index (χ1v) is 9.97. The highest BCUT2D eigenvalue weighted by Gasteiger charge is 2.33. The van der Waals surface area contributed by atoms with Crippen LogP contribution < -0.4 is 16.4 Å². The number of hydrogen-bond donors (Lipinski definition) is 3. The summed E-state index contributed by atoms with van der Waals surface area (Å²) in [7, 11) is 0. The molecule has 0 fully saturated rings. The van der Waals surface area contributed by atoms with Gasteiger partial charge < -0.3 is 16.4 Å². The molecule has 0 saturated carbocycles. The molecule has 1 aliphatic heterocycles. The second-order valence-corrected chi connectivity index (χ2v) is 7.43. The number of nitrogens with zero attached hydrogens (tertiary/aromatic N) is 3. The van der Waals surface area contributed by atoms with E-state index in [1.165, 1.54) is 29.1 Å². The number of para-hydroxylation sites is 1. The summed E-state index contributed by atoms with van der Waals surface area (Å²) in [6, 6.07) is 9.11. The number of carbonyl (C=O) groups is 3. The minimum Gasteiger partial charge on any atom is -0.351 e. The monoisotopic (exact) mass is 456 g/mol. The molecule has 11 heteroatoms. The molecule has 4 amide bonds. The lowest BCUT2D eigenvalue weighted by atomic mass is 10.2. The summed E-state index contributed by atoms with van der Waals surface area (Å²) in [5.74, 6) is -1.12. The van der Waals surface area contributed by atoms with Gasteiger partial charge >= 0.3 is 12.1 Å². The van der Waals surface area contributed by atoms with Crippen LogP contribution in [0.4, 0.5) is 19.7 Å². The van der Waals surface area contributed by atoms with Gasteiger partial charge in [-0.05, 0) is 12.1 Å². The van der Waals surface area contributed by atoms with E-state index in [0.717, 1.165) is 5.01 Å². The first kappa shape index (κ1) is 21.3. The fraction of sp³-hybridized carbons (Fsp3) is 0.143. The molecular weight excluding hydrogens is 439 g/mol. The predicted molar refractivity (Wildman–Crippen MR) is 118 cm³/mol. The molecule has 0 saturated heterocycles. The van der Waals surface area contributed by atoms with Crippen molar-refractivity contribution in [1.29, 1.82) is 0 Å². The summed E-state index contributed by atoms with van der Waals surface area (Å²) >= 11 is 5.76. The predicted octanol–water partition coefficient (Wildman–Crippen LogP) is 3.27. The highest BCUT2D eigenvalue weighted by Crippen LogP contribution is 2.26. The Kier molecular flexibility index (Phi) is 5.78. The smallest absolute Gasteiger partial charge is 0.343 e. The van der Waals surface area contributed by atoms with Crippen molar-refractivity contribution in [3.63, 3.8) is 0 Å². The van der Waals surface area contributed by atoms with E-state index < -0.39 is 29.8 Å². The number of fused-ring (bicyclic) bond motifs is 1. The number of urea groups is 1. The lowest BCUT2D eigenvalue weighted by molar-refractivity contribution is -0.125. The zero-order chi connectivity index (χ0) is 22.8. The Hall–Kier alpha value is -3.92. The highest BCUT2D eigenvalue weighted by atomic mass is 35.5. The standard InChI is InChI=1S/C21H18ClFN6O3/c22-14-6-3-4-12(18(14)23)10-25-19(30)17-8-9-26-29(17)21(32)27-15-11-28(20(24)31)16-7-2-1-5-13(15)16/h1-7,9,11,17H,8,10H2,(H2,24,31)(H,25,30)(H,27,32)/t17-/m0/s1. The third-order valence-corrected chi connectivity index (χ3v) is 5.31. The second-order valence-electron chi connectivity index (χ2n) is 7.02. The summed E-state index contributed by atoms with van der Waals surface area (Å²) in [6.07, 6.45) is 3.04. The topological polar surface area (TPSA) is 122 Å². The van der Waals surface area contributed by atoms with Crippen LogP contribution in [0.2, 0.25) is 5.02 Å². The van der Waals surface area contributed by atoms with Gasteiger partial charge in [0.05, 0.1) is 16.2 Å². The average molecular weight is 457 g/mol. The molecule has 1 aromatic heterocycles. The Morgan fingerprint density at radius 2 is 1.97 bits per heavy atom. The van der Waals surface area contributed by atoms with Crippen molar-refractivity contribution < 1.29 is 18.8 Å². The van der Waals surface area contributed by atoms with Gasteiger partial charge in [0, 0.05) is 36.3 Å². The molecule has 4 rings (SSSR count). The van der Waals surface area contributed by atoms with Crippen LogP contribution >= 0.6 is 11.6 Å². The van der Waals surface area contributed by atoms with E-state index >= 15 is 0 Å². The molecular formula is C21H18ClFN6O3. The molecule has 3 aromatic rings. The second kappa shape index (κ2) is 8.67. The van der Waals surface area contributed by atoms with Gasteiger partial charge in [0.1, 0.15) is 11.9 Å². The average Bonchev–Trinajstić information content (AvgIpc) is 3.40. The first-order chi connectivity index (χ1) is 15.4. The summed E-state index contributed by atoms with van der Waals surface area (Å²) in [5, 5.41) is 10.8. The summed E-state index contributed by atoms with van der Waals surface area (Å²) in [6.45, 7) is -0.0940. The maximum atomic E-state index is 14.0. The first-order valence-electron chi connectivity index (χ1n) is 9.60. The fourth-order valence-electron chi connectivity index (χ4n) is 3.45. The largest absolute Gasteiger partial charge is 0.351 e. The van der Waals surface area contributed by atoms with Gasteiger partial charge in [0.2, 0.25) is 5.91 Å². The van der Waals surface area contributed by atoms with E-state index in [9.17, 15) is 18.8 Å². The number of halogens is 2. The van der Waals surface area contributed by atoms with Gasteiger partial charge in [-0.3, -0.25) is 9.36 Å². The van der Waals surface area contributed by atoms with E-state index in [4.69, 9.17) is 17.3 Å². The van der Waals surface area contributed by atoms with Crippen molar-refractivity contribution in [3.05, 3.63) is 65.1 Å². The molecule has 0 bridgehead atoms. The zero-order valence-corrected chi connectivity index (χ0v) is 17.3. The Labute approximate surface area is 186 Å². The number of carbonyl (C=O) groups excluding carboxylic acids is 3. The number of nitrogens with one attached hydrogen (secondary N) is 2. The number of rotatable bonds is 4. The molecule has 9 nitrogen and oxygen atoms in total. The van der Waals surface area contributed by atoms with E-state index in [1.54, 1.807) is 30.3 Å². The Bertz CT molecular complexity index is 1260. The lowest BCUT2D eigenvalue weighted by Crippen LogP contribution is -2.46. The van der Waals surface area contributed by atoms with E-state index in [0.29, 0.717) is 16.6 Å². The third-order valence-electron chi connectivity index (χ3n) is 5.02. The number of hydrogen-bond acceptors (Lipinski definition) is 4. The zero-order valence-electron chi connectivity index (χ0n) is 16.6. The SMILES string of the molecule is NC(=O)n1cc(NC(=O)N2N=CC[C@H]2C(=O)NCc2cccc(Cl)c2F)c2ccccc21. The summed E-state index contributed by atoms with van der Waals surface area (Å²) in [4.78, 5) is 37.2. The highest BCUT2D eigenvalue weighted by molar-refractivity contribution is 6.30. The molecule has 0 radical (unpaired) electrons.